The number of rotatable bonds is 4. The molecule has 1 N–H and O–H groups in total. The molecule has 0 heterocycles. The Labute approximate surface area is 97.1 Å². The van der Waals surface area contributed by atoms with Crippen LogP contribution in [0.5, 0.6) is 5.75 Å². The molecule has 1 aromatic carbocycles. The quantitative estimate of drug-likeness (QED) is 0.820. The summed E-state index contributed by atoms with van der Waals surface area (Å²) in [6.45, 7) is 3.32. The second kappa shape index (κ2) is 4.16. The number of hydrogen-bond donors (Lipinski definition) is 1. The van der Waals surface area contributed by atoms with Gasteiger partial charge in [0.15, 0.2) is 6.10 Å². The van der Waals surface area contributed by atoms with Gasteiger partial charge in [-0.2, -0.15) is 0 Å². The number of halogens is 2. The fraction of sp³-hybridized carbons (Fsp3) is 0.250. The number of nitrogens with one attached hydrogen (secondary N) is 1. The zero-order chi connectivity index (χ0) is 12.5. The summed E-state index contributed by atoms with van der Waals surface area (Å²) >= 11 is 0. The van der Waals surface area contributed by atoms with Gasteiger partial charge < -0.3 is 10.1 Å². The predicted octanol–water partition coefficient (Wildman–Crippen LogP) is 2.60. The first-order valence-corrected chi connectivity index (χ1v) is 5.09. The van der Waals surface area contributed by atoms with E-state index in [2.05, 4.69) is 11.9 Å². The van der Waals surface area contributed by atoms with Crippen molar-refractivity contribution in [1.29, 1.82) is 0 Å². The molecular weight excluding hydrogens is 228 g/mol. The van der Waals surface area contributed by atoms with E-state index in [1.807, 2.05) is 0 Å². The van der Waals surface area contributed by atoms with Crippen molar-refractivity contribution in [2.45, 2.75) is 18.4 Å². The first-order valence-electron chi connectivity index (χ1n) is 5.09. The van der Waals surface area contributed by atoms with Crippen molar-refractivity contribution in [2.24, 2.45) is 0 Å². The van der Waals surface area contributed by atoms with E-state index in [9.17, 15) is 13.6 Å². The van der Waals surface area contributed by atoms with Crippen LogP contribution in [-0.2, 0) is 4.79 Å². The maximum absolute atomic E-state index is 12.6. The molecule has 1 aliphatic carbocycles. The molecule has 1 atom stereocenters. The number of carbonyl (C=O) groups is 1. The summed E-state index contributed by atoms with van der Waals surface area (Å²) in [5, 5.41) is 2.54. The van der Waals surface area contributed by atoms with E-state index in [-0.39, 0.29) is 12.3 Å². The van der Waals surface area contributed by atoms with Gasteiger partial charge in [0, 0.05) is 5.69 Å². The zero-order valence-electron chi connectivity index (χ0n) is 8.95. The number of hydrogen-bond acceptors (Lipinski definition) is 2. The molecule has 0 spiro atoms. The molecule has 2 rings (SSSR count). The first kappa shape index (κ1) is 11.6. The minimum absolute atomic E-state index is 0.234. The van der Waals surface area contributed by atoms with Gasteiger partial charge in [-0.25, -0.2) is 8.78 Å². The third-order valence-corrected chi connectivity index (χ3v) is 2.35. The minimum atomic E-state index is -2.70. The van der Waals surface area contributed by atoms with Crippen molar-refractivity contribution in [3.63, 3.8) is 0 Å². The van der Waals surface area contributed by atoms with Crippen molar-refractivity contribution in [3.05, 3.63) is 36.9 Å². The number of carbonyl (C=O) groups excluding carboxylic acids is 1. The highest BCUT2D eigenvalue weighted by molar-refractivity contribution is 5.98. The van der Waals surface area contributed by atoms with Crippen LogP contribution >= 0.6 is 0 Å². The average Bonchev–Trinajstić information content (AvgIpc) is 2.88. The zero-order valence-corrected chi connectivity index (χ0v) is 8.95. The maximum atomic E-state index is 12.6. The summed E-state index contributed by atoms with van der Waals surface area (Å²) in [4.78, 5) is 11.0. The number of alkyl halides is 2. The first-order chi connectivity index (χ1) is 8.01. The lowest BCUT2D eigenvalue weighted by Crippen LogP contribution is -2.08. The van der Waals surface area contributed by atoms with E-state index in [0.29, 0.717) is 11.4 Å². The number of ether oxygens (including phenoxy) is 1. The normalized spacial score (nSPS) is 20.5. The molecule has 1 amide bonds. The molecular formula is C12H11F2NO2. The van der Waals surface area contributed by atoms with Gasteiger partial charge >= 0.3 is 0 Å². The Morgan fingerprint density at radius 3 is 2.53 bits per heavy atom. The smallest absolute Gasteiger partial charge is 0.288 e. The predicted molar refractivity (Wildman–Crippen MR) is 59.2 cm³/mol. The molecule has 0 saturated heterocycles. The molecule has 0 aliphatic heterocycles. The molecule has 0 radical (unpaired) electrons. The summed E-state index contributed by atoms with van der Waals surface area (Å²) in [6.07, 6.45) is -0.104. The molecule has 1 fully saturated rings. The SMILES string of the molecule is C=CC(=O)Nc1ccc(OC2CC2(F)F)cc1. The summed E-state index contributed by atoms with van der Waals surface area (Å²) in [5.41, 5.74) is 0.560. The highest BCUT2D eigenvalue weighted by atomic mass is 19.3. The maximum Gasteiger partial charge on any atom is 0.288 e. The van der Waals surface area contributed by atoms with Crippen LogP contribution in [0.2, 0.25) is 0 Å². The highest BCUT2D eigenvalue weighted by Crippen LogP contribution is 2.44. The molecule has 1 saturated carbocycles. The van der Waals surface area contributed by atoms with Crippen LogP contribution in [0.15, 0.2) is 36.9 Å². The third kappa shape index (κ3) is 2.81. The van der Waals surface area contributed by atoms with Crippen LogP contribution in [0.1, 0.15) is 6.42 Å². The average molecular weight is 239 g/mol. The fourth-order valence-electron chi connectivity index (χ4n) is 1.29. The molecule has 90 valence electrons. The summed E-state index contributed by atoms with van der Waals surface area (Å²) in [6, 6.07) is 6.23. The van der Waals surface area contributed by atoms with Crippen molar-refractivity contribution in [1.82, 2.24) is 0 Å². The Morgan fingerprint density at radius 2 is 2.06 bits per heavy atom. The second-order valence-electron chi connectivity index (χ2n) is 3.79. The summed E-state index contributed by atoms with van der Waals surface area (Å²) < 4.78 is 30.2. The number of amides is 1. The Hall–Kier alpha value is -1.91. The molecule has 1 unspecified atom stereocenters. The molecule has 0 bridgehead atoms. The lowest BCUT2D eigenvalue weighted by Gasteiger charge is -2.06. The van der Waals surface area contributed by atoms with Crippen LogP contribution in [0.3, 0.4) is 0 Å². The van der Waals surface area contributed by atoms with E-state index in [1.165, 1.54) is 12.1 Å². The molecule has 0 aromatic heterocycles. The lowest BCUT2D eigenvalue weighted by molar-refractivity contribution is -0.111. The Bertz CT molecular complexity index is 442. The third-order valence-electron chi connectivity index (χ3n) is 2.35. The topological polar surface area (TPSA) is 38.3 Å². The lowest BCUT2D eigenvalue weighted by atomic mass is 10.3. The van der Waals surface area contributed by atoms with Crippen LogP contribution in [0, 0.1) is 0 Å². The van der Waals surface area contributed by atoms with E-state index in [0.717, 1.165) is 6.08 Å². The van der Waals surface area contributed by atoms with Gasteiger partial charge in [-0.3, -0.25) is 4.79 Å². The van der Waals surface area contributed by atoms with Crippen LogP contribution in [0.25, 0.3) is 0 Å². The highest BCUT2D eigenvalue weighted by Gasteiger charge is 2.59. The summed E-state index contributed by atoms with van der Waals surface area (Å²) in [7, 11) is 0. The molecule has 1 aliphatic rings. The van der Waals surface area contributed by atoms with Crippen molar-refractivity contribution < 1.29 is 18.3 Å². The van der Waals surface area contributed by atoms with Gasteiger partial charge in [0.05, 0.1) is 6.42 Å². The Kier molecular flexibility index (Phi) is 2.83. The van der Waals surface area contributed by atoms with Gasteiger partial charge in [-0.15, -0.1) is 0 Å². The van der Waals surface area contributed by atoms with E-state index in [1.54, 1.807) is 12.1 Å². The number of anilines is 1. The number of benzene rings is 1. The Morgan fingerprint density at radius 1 is 1.47 bits per heavy atom. The standard InChI is InChI=1S/C12H11F2NO2/c1-2-11(16)15-8-3-5-9(6-4-8)17-10-7-12(10,13)14/h2-6,10H,1,7H2,(H,15,16). The molecule has 5 heteroatoms. The van der Waals surface area contributed by atoms with Gasteiger partial charge in [-0.1, -0.05) is 6.58 Å². The van der Waals surface area contributed by atoms with Crippen molar-refractivity contribution >= 4 is 11.6 Å². The molecule has 3 nitrogen and oxygen atoms in total. The van der Waals surface area contributed by atoms with Gasteiger partial charge in [0.2, 0.25) is 5.91 Å². The summed E-state index contributed by atoms with van der Waals surface area (Å²) in [5.74, 6) is -2.66. The second-order valence-corrected chi connectivity index (χ2v) is 3.79. The largest absolute Gasteiger partial charge is 0.484 e. The molecule has 17 heavy (non-hydrogen) atoms. The van der Waals surface area contributed by atoms with E-state index in [4.69, 9.17) is 4.74 Å². The Balaban J connectivity index is 1.94. The monoisotopic (exact) mass is 239 g/mol. The van der Waals surface area contributed by atoms with Crippen molar-refractivity contribution in [3.8, 4) is 5.75 Å². The van der Waals surface area contributed by atoms with E-state index >= 15 is 0 Å². The van der Waals surface area contributed by atoms with E-state index < -0.39 is 12.0 Å². The fourth-order valence-corrected chi connectivity index (χ4v) is 1.29. The van der Waals surface area contributed by atoms with Gasteiger partial charge in [0.1, 0.15) is 5.75 Å². The van der Waals surface area contributed by atoms with Crippen molar-refractivity contribution in [2.75, 3.05) is 5.32 Å². The molecule has 1 aromatic rings. The van der Waals surface area contributed by atoms with Gasteiger partial charge in [-0.05, 0) is 30.3 Å². The van der Waals surface area contributed by atoms with Crippen LogP contribution < -0.4 is 10.1 Å². The minimum Gasteiger partial charge on any atom is -0.484 e. The van der Waals surface area contributed by atoms with Crippen LogP contribution in [-0.4, -0.2) is 17.9 Å². The van der Waals surface area contributed by atoms with Crippen LogP contribution in [0.4, 0.5) is 14.5 Å². The van der Waals surface area contributed by atoms with Gasteiger partial charge in [0.25, 0.3) is 5.92 Å².